The normalized spacial score (nSPS) is 16.5. The fourth-order valence-electron chi connectivity index (χ4n) is 4.94. The average molecular weight is 603 g/mol. The zero-order valence-corrected chi connectivity index (χ0v) is 24.4. The van der Waals surface area contributed by atoms with Crippen molar-refractivity contribution in [3.63, 3.8) is 0 Å². The second-order valence-electron chi connectivity index (χ2n) is 9.35. The Labute approximate surface area is 250 Å². The van der Waals surface area contributed by atoms with Crippen molar-refractivity contribution in [2.45, 2.75) is 29.5 Å². The van der Waals surface area contributed by atoms with E-state index in [1.54, 1.807) is 60.5 Å². The zero-order valence-electron chi connectivity index (χ0n) is 22.7. The van der Waals surface area contributed by atoms with Crippen LogP contribution < -0.4 is 20.7 Å². The van der Waals surface area contributed by atoms with Crippen molar-refractivity contribution in [3.05, 3.63) is 82.3 Å². The third kappa shape index (κ3) is 5.72. The fourth-order valence-corrected chi connectivity index (χ4v) is 6.62. The minimum Gasteiger partial charge on any atom is -0.497 e. The van der Waals surface area contributed by atoms with E-state index in [4.69, 9.17) is 15.2 Å². The van der Waals surface area contributed by atoms with Gasteiger partial charge >= 0.3 is 5.97 Å². The largest absolute Gasteiger partial charge is 0.497 e. The molecule has 5 rings (SSSR count). The van der Waals surface area contributed by atoms with E-state index in [2.05, 4.69) is 21.6 Å². The molecule has 1 atom stereocenters. The highest BCUT2D eigenvalue weighted by molar-refractivity contribution is 8.01. The van der Waals surface area contributed by atoms with Crippen molar-refractivity contribution >= 4 is 51.6 Å². The summed E-state index contributed by atoms with van der Waals surface area (Å²) in [6.45, 7) is 0. The quantitative estimate of drug-likeness (QED) is 0.278. The molecule has 1 amide bonds. The van der Waals surface area contributed by atoms with E-state index < -0.39 is 11.9 Å². The van der Waals surface area contributed by atoms with Gasteiger partial charge in [-0.3, -0.25) is 14.5 Å². The summed E-state index contributed by atoms with van der Waals surface area (Å²) in [6.07, 6.45) is 1.53. The fraction of sp³-hybridized carbons (Fsp3) is 0.241. The van der Waals surface area contributed by atoms with Gasteiger partial charge in [0.25, 0.3) is 0 Å². The number of esters is 1. The van der Waals surface area contributed by atoms with Gasteiger partial charge in [0.2, 0.25) is 11.0 Å². The third-order valence-corrected chi connectivity index (χ3v) is 8.89. The molecule has 0 spiro atoms. The number of nitrogens with two attached hydrogens (primary N) is 1. The van der Waals surface area contributed by atoms with Crippen molar-refractivity contribution in [2.75, 3.05) is 30.2 Å². The molecule has 0 saturated carbocycles. The van der Waals surface area contributed by atoms with Crippen molar-refractivity contribution in [1.29, 1.82) is 5.26 Å². The zero-order chi connectivity index (χ0) is 29.8. The van der Waals surface area contributed by atoms with Crippen LogP contribution in [0.25, 0.3) is 0 Å². The Morgan fingerprint density at radius 1 is 1.19 bits per heavy atom. The molecule has 1 aliphatic carbocycles. The van der Waals surface area contributed by atoms with E-state index in [0.717, 1.165) is 0 Å². The number of thioether (sulfide) groups is 1. The molecule has 0 saturated heterocycles. The molecule has 3 aromatic rings. The summed E-state index contributed by atoms with van der Waals surface area (Å²) in [5.41, 5.74) is 9.61. The molecule has 3 N–H and O–H groups in total. The van der Waals surface area contributed by atoms with Crippen molar-refractivity contribution in [3.8, 4) is 11.8 Å². The standard InChI is InChI=1S/C29H26N6O5S2/c1-39-19-6-3-5-18(13-19)32-23(37)15-41-29-34-33-28(42-29)35-21-7-4-8-22(36)25(21)24(20(14-30)26(35)31)16-9-11-17(12-10-16)27(38)40-2/h3,5-6,9-13,24H,4,7-8,15,31H2,1-2H3,(H,32,37). The number of hydrogen-bond donors (Lipinski definition) is 2. The predicted octanol–water partition coefficient (Wildman–Crippen LogP) is 4.37. The van der Waals surface area contributed by atoms with Gasteiger partial charge in [0.05, 0.1) is 43.1 Å². The topological polar surface area (TPSA) is 161 Å². The summed E-state index contributed by atoms with van der Waals surface area (Å²) < 4.78 is 10.5. The van der Waals surface area contributed by atoms with Crippen LogP contribution in [0.1, 0.15) is 41.1 Å². The number of Topliss-reactive ketones (excluding diaryl/α,β-unsaturated/α-hetero) is 1. The van der Waals surface area contributed by atoms with Gasteiger partial charge in [-0.25, -0.2) is 4.79 Å². The van der Waals surface area contributed by atoms with Crippen LogP contribution in [-0.4, -0.2) is 47.8 Å². The number of aromatic nitrogens is 2. The Balaban J connectivity index is 1.40. The number of rotatable bonds is 8. The highest BCUT2D eigenvalue weighted by Gasteiger charge is 2.41. The van der Waals surface area contributed by atoms with Crippen LogP contribution >= 0.6 is 23.1 Å². The number of amides is 1. The van der Waals surface area contributed by atoms with E-state index in [0.29, 0.717) is 62.6 Å². The minimum absolute atomic E-state index is 0.0723. The molecule has 0 bridgehead atoms. The Hall–Kier alpha value is -4.67. The molecule has 11 nitrogen and oxygen atoms in total. The lowest BCUT2D eigenvalue weighted by molar-refractivity contribution is -0.116. The van der Waals surface area contributed by atoms with E-state index >= 15 is 0 Å². The summed E-state index contributed by atoms with van der Waals surface area (Å²) in [5, 5.41) is 22.0. The lowest BCUT2D eigenvalue weighted by Gasteiger charge is -2.38. The second kappa shape index (κ2) is 12.5. The van der Waals surface area contributed by atoms with Gasteiger partial charge in [-0.05, 0) is 42.7 Å². The van der Waals surface area contributed by atoms with Gasteiger partial charge < -0.3 is 20.5 Å². The van der Waals surface area contributed by atoms with Gasteiger partial charge in [-0.1, -0.05) is 41.3 Å². The lowest BCUT2D eigenvalue weighted by atomic mass is 9.75. The Bertz CT molecular complexity index is 1660. The summed E-state index contributed by atoms with van der Waals surface area (Å²) in [6, 6.07) is 15.9. The molecule has 2 aromatic carbocycles. The van der Waals surface area contributed by atoms with E-state index in [-0.39, 0.29) is 28.8 Å². The summed E-state index contributed by atoms with van der Waals surface area (Å²) in [4.78, 5) is 39.4. The van der Waals surface area contributed by atoms with Gasteiger partial charge in [0, 0.05) is 29.4 Å². The minimum atomic E-state index is -0.678. The molecule has 2 aliphatic rings. The maximum Gasteiger partial charge on any atom is 0.337 e. The molecule has 1 aliphatic heterocycles. The summed E-state index contributed by atoms with van der Waals surface area (Å²) in [5.74, 6) is -0.567. The van der Waals surface area contributed by atoms with Crippen LogP contribution in [0.5, 0.6) is 5.75 Å². The van der Waals surface area contributed by atoms with E-state index in [1.807, 2.05) is 0 Å². The number of nitrogens with zero attached hydrogens (tertiary/aromatic N) is 4. The number of ether oxygens (including phenoxy) is 2. The molecule has 214 valence electrons. The number of methoxy groups -OCH3 is 2. The van der Waals surface area contributed by atoms with Crippen molar-refractivity contribution in [1.82, 2.24) is 10.2 Å². The first kappa shape index (κ1) is 28.8. The van der Waals surface area contributed by atoms with Gasteiger partial charge in [-0.2, -0.15) is 5.26 Å². The molecule has 0 fully saturated rings. The maximum absolute atomic E-state index is 13.3. The maximum atomic E-state index is 13.3. The highest BCUT2D eigenvalue weighted by atomic mass is 32.2. The van der Waals surface area contributed by atoms with Crippen molar-refractivity contribution in [2.24, 2.45) is 5.73 Å². The number of carbonyl (C=O) groups excluding carboxylic acids is 3. The monoisotopic (exact) mass is 602 g/mol. The first-order chi connectivity index (χ1) is 20.3. The number of ketones is 1. The van der Waals surface area contributed by atoms with Gasteiger partial charge in [0.15, 0.2) is 10.1 Å². The van der Waals surface area contributed by atoms with Gasteiger partial charge in [0.1, 0.15) is 11.6 Å². The highest BCUT2D eigenvalue weighted by Crippen LogP contribution is 2.47. The average Bonchev–Trinajstić information content (AvgIpc) is 3.47. The molecular weight excluding hydrogens is 576 g/mol. The Kier molecular flexibility index (Phi) is 8.56. The molecule has 42 heavy (non-hydrogen) atoms. The molecule has 13 heteroatoms. The number of nitrogens with one attached hydrogen (secondary N) is 1. The van der Waals surface area contributed by atoms with E-state index in [9.17, 15) is 19.6 Å². The lowest BCUT2D eigenvalue weighted by Crippen LogP contribution is -2.38. The number of benzene rings is 2. The Morgan fingerprint density at radius 2 is 1.98 bits per heavy atom. The smallest absolute Gasteiger partial charge is 0.337 e. The molecule has 2 heterocycles. The number of carbonyl (C=O) groups is 3. The molecule has 0 radical (unpaired) electrons. The first-order valence-corrected chi connectivity index (χ1v) is 14.7. The number of anilines is 2. The molecular formula is C29H26N6O5S2. The first-order valence-electron chi connectivity index (χ1n) is 12.9. The second-order valence-corrected chi connectivity index (χ2v) is 11.5. The Morgan fingerprint density at radius 3 is 2.69 bits per heavy atom. The SMILES string of the molecule is COC(=O)c1ccc(C2C(C#N)=C(N)N(c3nnc(SCC(=O)Nc4cccc(OC)c4)s3)C3=C2C(=O)CCC3)cc1. The number of nitriles is 1. The predicted molar refractivity (Wildman–Crippen MR) is 158 cm³/mol. The van der Waals surface area contributed by atoms with Crippen LogP contribution in [0.15, 0.2) is 75.5 Å². The third-order valence-electron chi connectivity index (χ3n) is 6.85. The van der Waals surface area contributed by atoms with Crippen LogP contribution in [0.2, 0.25) is 0 Å². The summed E-state index contributed by atoms with van der Waals surface area (Å²) in [7, 11) is 2.86. The van der Waals surface area contributed by atoms with Crippen LogP contribution in [0.3, 0.4) is 0 Å². The number of allylic oxidation sites excluding steroid dienone is 3. The van der Waals surface area contributed by atoms with Crippen LogP contribution in [0, 0.1) is 11.3 Å². The van der Waals surface area contributed by atoms with Gasteiger partial charge in [-0.15, -0.1) is 10.2 Å². The van der Waals surface area contributed by atoms with Crippen LogP contribution in [0.4, 0.5) is 10.8 Å². The van der Waals surface area contributed by atoms with Crippen LogP contribution in [-0.2, 0) is 14.3 Å². The summed E-state index contributed by atoms with van der Waals surface area (Å²) >= 11 is 2.43. The van der Waals surface area contributed by atoms with Crippen molar-refractivity contribution < 1.29 is 23.9 Å². The molecule has 1 aromatic heterocycles. The number of hydrogen-bond acceptors (Lipinski definition) is 12. The molecule has 1 unspecified atom stereocenters. The van der Waals surface area contributed by atoms with E-state index in [1.165, 1.54) is 30.2 Å².